The molecule has 0 radical (unpaired) electrons. The van der Waals surface area contributed by atoms with E-state index >= 15 is 0 Å². The average Bonchev–Trinajstić information content (AvgIpc) is 3.20. The Morgan fingerprint density at radius 2 is 2.04 bits per heavy atom. The van der Waals surface area contributed by atoms with Crippen LogP contribution in [0.5, 0.6) is 0 Å². The quantitative estimate of drug-likeness (QED) is 0.794. The van der Waals surface area contributed by atoms with Crippen LogP contribution in [0, 0.1) is 5.82 Å². The summed E-state index contributed by atoms with van der Waals surface area (Å²) in [7, 11) is 0. The van der Waals surface area contributed by atoms with Crippen molar-refractivity contribution in [3.05, 3.63) is 29.6 Å². The van der Waals surface area contributed by atoms with Gasteiger partial charge < -0.3 is 10.2 Å². The molecule has 0 aliphatic carbocycles. The first-order chi connectivity index (χ1) is 12.3. The Hall–Kier alpha value is -2.22. The van der Waals surface area contributed by atoms with E-state index in [0.717, 1.165) is 25.9 Å². The molecule has 2 N–H and O–H groups in total. The highest BCUT2D eigenvalue weighted by atomic mass is 19.1. The molecule has 0 spiro atoms. The SMILES string of the molecule is CC1(C)CCC([C@H](O)c2cccc(/N=N/N3CCCC3)c2F)N1C(=O)O. The number of hydrogen-bond acceptors (Lipinski definition) is 4. The van der Waals surface area contributed by atoms with E-state index in [4.69, 9.17) is 0 Å². The monoisotopic (exact) mass is 364 g/mol. The van der Waals surface area contributed by atoms with Crippen molar-refractivity contribution in [2.75, 3.05) is 13.1 Å². The third-order valence-electron chi connectivity index (χ3n) is 5.29. The van der Waals surface area contributed by atoms with Crippen molar-refractivity contribution in [1.82, 2.24) is 9.91 Å². The standard InChI is InChI=1S/C18H25FN4O3/c1-18(2)9-8-14(23(18)17(25)26)16(24)12-6-5-7-13(15(12)19)20-21-22-10-3-4-11-22/h5-7,14,16,24H,3-4,8-11H2,1-2H3,(H,25,26)/b21-20+/t14?,16-/m1/s1. The lowest BCUT2D eigenvalue weighted by atomic mass is 9.99. The van der Waals surface area contributed by atoms with Gasteiger partial charge in [0, 0.05) is 24.2 Å². The molecule has 0 aromatic heterocycles. The molecule has 142 valence electrons. The molecule has 8 heteroatoms. The van der Waals surface area contributed by atoms with Crippen molar-refractivity contribution in [3.8, 4) is 0 Å². The van der Waals surface area contributed by atoms with E-state index in [1.807, 2.05) is 13.8 Å². The van der Waals surface area contributed by atoms with Crippen LogP contribution in [0.4, 0.5) is 14.9 Å². The topological polar surface area (TPSA) is 88.7 Å². The Morgan fingerprint density at radius 1 is 1.35 bits per heavy atom. The van der Waals surface area contributed by atoms with Gasteiger partial charge in [-0.05, 0) is 45.6 Å². The smallest absolute Gasteiger partial charge is 0.408 e. The minimum Gasteiger partial charge on any atom is -0.465 e. The van der Waals surface area contributed by atoms with Crippen molar-refractivity contribution >= 4 is 11.8 Å². The number of hydrogen-bond donors (Lipinski definition) is 2. The molecule has 7 nitrogen and oxygen atoms in total. The van der Waals surface area contributed by atoms with E-state index in [0.29, 0.717) is 12.8 Å². The highest BCUT2D eigenvalue weighted by molar-refractivity contribution is 5.67. The van der Waals surface area contributed by atoms with Gasteiger partial charge in [0.1, 0.15) is 11.8 Å². The Kier molecular flexibility index (Phi) is 5.13. The molecular weight excluding hydrogens is 339 g/mol. The molecule has 1 aromatic rings. The number of amides is 1. The zero-order valence-corrected chi connectivity index (χ0v) is 15.1. The fourth-order valence-corrected chi connectivity index (χ4v) is 3.85. The third-order valence-corrected chi connectivity index (χ3v) is 5.29. The van der Waals surface area contributed by atoms with Gasteiger partial charge in [-0.25, -0.2) is 9.18 Å². The van der Waals surface area contributed by atoms with Crippen LogP contribution in [0.1, 0.15) is 51.2 Å². The molecule has 26 heavy (non-hydrogen) atoms. The Bertz CT molecular complexity index is 704. The zero-order chi connectivity index (χ0) is 18.9. The van der Waals surface area contributed by atoms with Gasteiger partial charge in [-0.3, -0.25) is 9.91 Å². The fourth-order valence-electron chi connectivity index (χ4n) is 3.85. The summed E-state index contributed by atoms with van der Waals surface area (Å²) in [6.45, 7) is 5.23. The van der Waals surface area contributed by atoms with Gasteiger partial charge in [0.15, 0.2) is 5.82 Å². The average molecular weight is 364 g/mol. The van der Waals surface area contributed by atoms with Crippen LogP contribution in [0.3, 0.4) is 0 Å². The first kappa shape index (κ1) is 18.6. The van der Waals surface area contributed by atoms with Crippen molar-refractivity contribution in [2.45, 2.75) is 57.2 Å². The molecule has 2 atom stereocenters. The summed E-state index contributed by atoms with van der Waals surface area (Å²) in [5, 5.41) is 30.1. The second kappa shape index (κ2) is 7.19. The van der Waals surface area contributed by atoms with Crippen LogP contribution in [0.2, 0.25) is 0 Å². The summed E-state index contributed by atoms with van der Waals surface area (Å²) in [6, 6.07) is 3.88. The summed E-state index contributed by atoms with van der Waals surface area (Å²) in [6.07, 6.45) is 0.804. The maximum atomic E-state index is 14.9. The molecule has 2 aliphatic heterocycles. The summed E-state index contributed by atoms with van der Waals surface area (Å²) in [4.78, 5) is 12.9. The van der Waals surface area contributed by atoms with Crippen LogP contribution < -0.4 is 0 Å². The fraction of sp³-hybridized carbons (Fsp3) is 0.611. The van der Waals surface area contributed by atoms with E-state index in [2.05, 4.69) is 10.3 Å². The van der Waals surface area contributed by atoms with E-state index in [1.165, 1.54) is 17.0 Å². The lowest BCUT2D eigenvalue weighted by Crippen LogP contribution is -2.48. The van der Waals surface area contributed by atoms with Crippen LogP contribution >= 0.6 is 0 Å². The first-order valence-corrected chi connectivity index (χ1v) is 8.96. The second-order valence-corrected chi connectivity index (χ2v) is 7.55. The number of halogens is 1. The molecule has 0 saturated carbocycles. The van der Waals surface area contributed by atoms with Crippen molar-refractivity contribution < 1.29 is 19.4 Å². The Balaban J connectivity index is 1.84. The molecule has 2 saturated heterocycles. The number of nitrogens with zero attached hydrogens (tertiary/aromatic N) is 4. The minimum absolute atomic E-state index is 0.0487. The van der Waals surface area contributed by atoms with Crippen molar-refractivity contribution in [3.63, 3.8) is 0 Å². The first-order valence-electron chi connectivity index (χ1n) is 8.96. The molecular formula is C18H25FN4O3. The molecule has 2 fully saturated rings. The zero-order valence-electron chi connectivity index (χ0n) is 15.1. The molecule has 1 amide bonds. The molecule has 1 unspecified atom stereocenters. The molecule has 3 rings (SSSR count). The Labute approximate surface area is 152 Å². The van der Waals surface area contributed by atoms with Gasteiger partial charge in [0.25, 0.3) is 0 Å². The number of rotatable bonds is 4. The molecule has 1 aromatic carbocycles. The minimum atomic E-state index is -1.25. The van der Waals surface area contributed by atoms with E-state index in [-0.39, 0.29) is 11.3 Å². The summed E-state index contributed by atoms with van der Waals surface area (Å²) >= 11 is 0. The number of likely N-dealkylation sites (tertiary alicyclic amines) is 1. The predicted octanol–water partition coefficient (Wildman–Crippen LogP) is 3.87. The van der Waals surface area contributed by atoms with Crippen molar-refractivity contribution in [2.24, 2.45) is 10.3 Å². The Morgan fingerprint density at radius 3 is 2.69 bits per heavy atom. The van der Waals surface area contributed by atoms with Gasteiger partial charge in [-0.1, -0.05) is 17.4 Å². The van der Waals surface area contributed by atoms with Crippen LogP contribution in [-0.4, -0.2) is 50.9 Å². The number of carboxylic acid groups (broad SMARTS) is 1. The van der Waals surface area contributed by atoms with Gasteiger partial charge in [0.2, 0.25) is 0 Å². The third kappa shape index (κ3) is 3.51. The molecule has 2 heterocycles. The highest BCUT2D eigenvalue weighted by Crippen LogP contribution is 2.40. The summed E-state index contributed by atoms with van der Waals surface area (Å²) in [5.41, 5.74) is -0.495. The molecule has 0 bridgehead atoms. The van der Waals surface area contributed by atoms with Gasteiger partial charge >= 0.3 is 6.09 Å². The lowest BCUT2D eigenvalue weighted by molar-refractivity contribution is 0.0347. The van der Waals surface area contributed by atoms with E-state index in [1.54, 1.807) is 11.1 Å². The number of benzene rings is 1. The van der Waals surface area contributed by atoms with Crippen molar-refractivity contribution in [1.29, 1.82) is 0 Å². The predicted molar refractivity (Wildman–Crippen MR) is 93.6 cm³/mol. The number of carbonyl (C=O) groups is 1. The maximum absolute atomic E-state index is 14.9. The summed E-state index contributed by atoms with van der Waals surface area (Å²) < 4.78 is 14.9. The number of aliphatic hydroxyl groups excluding tert-OH is 1. The van der Waals surface area contributed by atoms with Crippen LogP contribution in [0.15, 0.2) is 28.5 Å². The van der Waals surface area contributed by atoms with Crippen LogP contribution in [-0.2, 0) is 0 Å². The van der Waals surface area contributed by atoms with Gasteiger partial charge in [-0.15, -0.1) is 5.11 Å². The van der Waals surface area contributed by atoms with Gasteiger partial charge in [-0.2, -0.15) is 0 Å². The van der Waals surface area contributed by atoms with E-state index < -0.39 is 29.6 Å². The largest absolute Gasteiger partial charge is 0.465 e. The second-order valence-electron chi connectivity index (χ2n) is 7.55. The maximum Gasteiger partial charge on any atom is 0.408 e. The normalized spacial score (nSPS) is 23.8. The molecule has 2 aliphatic rings. The van der Waals surface area contributed by atoms with Crippen LogP contribution in [0.25, 0.3) is 0 Å². The van der Waals surface area contributed by atoms with E-state index in [9.17, 15) is 19.4 Å². The van der Waals surface area contributed by atoms with Gasteiger partial charge in [0.05, 0.1) is 6.04 Å². The highest BCUT2D eigenvalue weighted by Gasteiger charge is 2.46. The summed E-state index contributed by atoms with van der Waals surface area (Å²) in [5.74, 6) is -0.655. The lowest BCUT2D eigenvalue weighted by Gasteiger charge is -2.35. The number of aliphatic hydroxyl groups is 1.